The summed E-state index contributed by atoms with van der Waals surface area (Å²) in [6.07, 6.45) is 0. The molecule has 3 aromatic rings. The van der Waals surface area contributed by atoms with Gasteiger partial charge in [0, 0.05) is 5.69 Å². The van der Waals surface area contributed by atoms with Crippen LogP contribution in [0.25, 0.3) is 0 Å². The molecule has 2 N–H and O–H groups in total. The monoisotopic (exact) mass is 480 g/mol. The van der Waals surface area contributed by atoms with Gasteiger partial charge in [-0.3, -0.25) is 9.44 Å². The Kier molecular flexibility index (Phi) is 6.60. The van der Waals surface area contributed by atoms with Crippen LogP contribution in [0.4, 0.5) is 15.8 Å². The van der Waals surface area contributed by atoms with Gasteiger partial charge in [0.1, 0.15) is 5.75 Å². The molecule has 0 atom stereocenters. The fraction of sp³-hybridized carbons (Fsp3) is 0.143. The van der Waals surface area contributed by atoms with Gasteiger partial charge in [-0.2, -0.15) is 0 Å². The minimum Gasteiger partial charge on any atom is -0.495 e. The lowest BCUT2D eigenvalue weighted by atomic mass is 10.2. The van der Waals surface area contributed by atoms with E-state index in [1.165, 1.54) is 50.6 Å². The normalized spacial score (nSPS) is 11.6. The number of hydrogen-bond donors (Lipinski definition) is 2. The number of sulfonamides is 2. The van der Waals surface area contributed by atoms with Gasteiger partial charge in [0.05, 0.1) is 29.7 Å². The summed E-state index contributed by atoms with van der Waals surface area (Å²) >= 11 is 0. The van der Waals surface area contributed by atoms with Crippen LogP contribution in [0.15, 0.2) is 70.5 Å². The van der Waals surface area contributed by atoms with Gasteiger partial charge in [0.2, 0.25) is 0 Å². The SMILES string of the molecule is COc1ccc(S(=O)(=O)Nc2ccc(S(=O)(=O)Nc3cc(C)ccc3OC)cc2)cc1F. The maximum atomic E-state index is 13.9. The highest BCUT2D eigenvalue weighted by Gasteiger charge is 2.19. The van der Waals surface area contributed by atoms with Gasteiger partial charge in [-0.1, -0.05) is 6.07 Å². The quantitative estimate of drug-likeness (QED) is 0.508. The molecule has 0 unspecified atom stereocenters. The zero-order chi connectivity index (χ0) is 23.5. The highest BCUT2D eigenvalue weighted by Crippen LogP contribution is 2.28. The molecule has 0 amide bonds. The second-order valence-electron chi connectivity index (χ2n) is 6.74. The summed E-state index contributed by atoms with van der Waals surface area (Å²) in [5.74, 6) is -0.555. The van der Waals surface area contributed by atoms with E-state index in [2.05, 4.69) is 9.44 Å². The molecule has 8 nitrogen and oxygen atoms in total. The molecule has 0 fully saturated rings. The molecule has 0 saturated carbocycles. The molecule has 0 aliphatic carbocycles. The number of ether oxygens (including phenoxy) is 2. The van der Waals surface area contributed by atoms with Crippen molar-refractivity contribution in [1.29, 1.82) is 0 Å². The van der Waals surface area contributed by atoms with Crippen LogP contribution in [0.1, 0.15) is 5.56 Å². The summed E-state index contributed by atoms with van der Waals surface area (Å²) in [5, 5.41) is 0. The van der Waals surface area contributed by atoms with Gasteiger partial charge in [0.25, 0.3) is 20.0 Å². The van der Waals surface area contributed by atoms with Crippen LogP contribution >= 0.6 is 0 Å². The molecule has 3 rings (SSSR count). The lowest BCUT2D eigenvalue weighted by Crippen LogP contribution is -2.15. The highest BCUT2D eigenvalue weighted by molar-refractivity contribution is 7.93. The Morgan fingerprint density at radius 3 is 1.88 bits per heavy atom. The van der Waals surface area contributed by atoms with Crippen molar-refractivity contribution < 1.29 is 30.7 Å². The fourth-order valence-corrected chi connectivity index (χ4v) is 4.97. The van der Waals surface area contributed by atoms with Crippen LogP contribution in [0.3, 0.4) is 0 Å². The number of hydrogen-bond acceptors (Lipinski definition) is 6. The Morgan fingerprint density at radius 1 is 0.719 bits per heavy atom. The Hall–Kier alpha value is -3.31. The molecule has 0 aromatic heterocycles. The van der Waals surface area contributed by atoms with Gasteiger partial charge in [0.15, 0.2) is 11.6 Å². The highest BCUT2D eigenvalue weighted by atomic mass is 32.2. The molecule has 11 heteroatoms. The number of halogens is 1. The number of benzene rings is 3. The standard InChI is InChI=1S/C21H21FN2O6S2/c1-14-4-10-21(30-3)19(12-14)24-31(25,26)16-7-5-15(6-8-16)23-32(27,28)17-9-11-20(29-2)18(22)13-17/h4-13,23-24H,1-3H3. The molecule has 0 spiro atoms. The predicted molar refractivity (Wildman–Crippen MR) is 119 cm³/mol. The van der Waals surface area contributed by atoms with Crippen LogP contribution in [-0.4, -0.2) is 31.1 Å². The molecule has 170 valence electrons. The van der Waals surface area contributed by atoms with Crippen LogP contribution < -0.4 is 18.9 Å². The van der Waals surface area contributed by atoms with Crippen LogP contribution in [0.5, 0.6) is 11.5 Å². The van der Waals surface area contributed by atoms with Crippen molar-refractivity contribution >= 4 is 31.4 Å². The van der Waals surface area contributed by atoms with E-state index in [1.807, 2.05) is 6.92 Å². The zero-order valence-corrected chi connectivity index (χ0v) is 19.1. The van der Waals surface area contributed by atoms with Crippen LogP contribution in [-0.2, 0) is 20.0 Å². The predicted octanol–water partition coefficient (Wildman–Crippen LogP) is 3.75. The van der Waals surface area contributed by atoms with Crippen LogP contribution in [0, 0.1) is 12.7 Å². The van der Waals surface area contributed by atoms with E-state index in [-0.39, 0.29) is 26.9 Å². The number of nitrogens with one attached hydrogen (secondary N) is 2. The molecular formula is C21H21FN2O6S2. The average molecular weight is 481 g/mol. The summed E-state index contributed by atoms with van der Waals surface area (Å²) in [4.78, 5) is -0.389. The molecule has 0 bridgehead atoms. The number of rotatable bonds is 8. The van der Waals surface area contributed by atoms with E-state index in [1.54, 1.807) is 18.2 Å². The zero-order valence-electron chi connectivity index (χ0n) is 17.4. The first kappa shape index (κ1) is 23.4. The third-order valence-electron chi connectivity index (χ3n) is 4.45. The van der Waals surface area contributed by atoms with E-state index in [9.17, 15) is 21.2 Å². The topological polar surface area (TPSA) is 111 Å². The second-order valence-corrected chi connectivity index (χ2v) is 10.1. The minimum absolute atomic E-state index is 0.0838. The Labute approximate surface area is 186 Å². The lowest BCUT2D eigenvalue weighted by Gasteiger charge is -2.13. The first-order chi connectivity index (χ1) is 15.1. The minimum atomic E-state index is -4.10. The van der Waals surface area contributed by atoms with E-state index in [0.29, 0.717) is 5.75 Å². The molecule has 0 radical (unpaired) electrons. The summed E-state index contributed by atoms with van der Waals surface area (Å²) in [7, 11) is -5.36. The fourth-order valence-electron chi connectivity index (χ4n) is 2.84. The van der Waals surface area contributed by atoms with Gasteiger partial charge in [-0.05, 0) is 67.1 Å². The third kappa shape index (κ3) is 5.11. The smallest absolute Gasteiger partial charge is 0.262 e. The first-order valence-electron chi connectivity index (χ1n) is 9.19. The van der Waals surface area contributed by atoms with Crippen molar-refractivity contribution in [1.82, 2.24) is 0 Å². The van der Waals surface area contributed by atoms with Gasteiger partial charge in [-0.25, -0.2) is 21.2 Å². The van der Waals surface area contributed by atoms with Gasteiger partial charge < -0.3 is 9.47 Å². The Bertz CT molecular complexity index is 1340. The van der Waals surface area contributed by atoms with Crippen molar-refractivity contribution in [2.45, 2.75) is 16.7 Å². The van der Waals surface area contributed by atoms with Crippen LogP contribution in [0.2, 0.25) is 0 Å². The Morgan fingerprint density at radius 2 is 1.28 bits per heavy atom. The summed E-state index contributed by atoms with van der Waals surface area (Å²) in [6.45, 7) is 1.81. The number of anilines is 2. The second kappa shape index (κ2) is 9.05. The Balaban J connectivity index is 1.81. The van der Waals surface area contributed by atoms with Gasteiger partial charge in [-0.15, -0.1) is 0 Å². The molecule has 0 aliphatic rings. The van der Waals surface area contributed by atoms with Crippen molar-refractivity contribution in [3.05, 3.63) is 72.0 Å². The maximum Gasteiger partial charge on any atom is 0.262 e. The molecular weight excluding hydrogens is 459 g/mol. The van der Waals surface area contributed by atoms with E-state index in [4.69, 9.17) is 9.47 Å². The van der Waals surface area contributed by atoms with Crippen molar-refractivity contribution in [3.63, 3.8) is 0 Å². The van der Waals surface area contributed by atoms with Crippen molar-refractivity contribution in [2.75, 3.05) is 23.7 Å². The van der Waals surface area contributed by atoms with Crippen molar-refractivity contribution in [2.24, 2.45) is 0 Å². The summed E-state index contributed by atoms with van der Waals surface area (Å²) < 4.78 is 79.1. The molecule has 0 saturated heterocycles. The van der Waals surface area contributed by atoms with E-state index >= 15 is 0 Å². The number of methoxy groups -OCH3 is 2. The van der Waals surface area contributed by atoms with E-state index < -0.39 is 25.9 Å². The van der Waals surface area contributed by atoms with Crippen molar-refractivity contribution in [3.8, 4) is 11.5 Å². The van der Waals surface area contributed by atoms with E-state index in [0.717, 1.165) is 11.6 Å². The summed E-state index contributed by atoms with van der Waals surface area (Å²) in [6, 6.07) is 13.4. The largest absolute Gasteiger partial charge is 0.495 e. The summed E-state index contributed by atoms with van der Waals surface area (Å²) in [5.41, 5.74) is 1.22. The number of aryl methyl sites for hydroxylation is 1. The molecule has 3 aromatic carbocycles. The average Bonchev–Trinajstić information content (AvgIpc) is 2.73. The molecule has 0 heterocycles. The van der Waals surface area contributed by atoms with Gasteiger partial charge >= 0.3 is 0 Å². The maximum absolute atomic E-state index is 13.9. The lowest BCUT2D eigenvalue weighted by molar-refractivity contribution is 0.385. The molecule has 32 heavy (non-hydrogen) atoms. The third-order valence-corrected chi connectivity index (χ3v) is 7.21. The first-order valence-corrected chi connectivity index (χ1v) is 12.2. The molecule has 0 aliphatic heterocycles.